The van der Waals surface area contributed by atoms with Crippen molar-refractivity contribution in [1.29, 1.82) is 0 Å². The van der Waals surface area contributed by atoms with Crippen LogP contribution in [-0.2, 0) is 0 Å². The normalized spacial score (nSPS) is 10.9. The van der Waals surface area contributed by atoms with Crippen molar-refractivity contribution in [3.63, 3.8) is 0 Å². The molecule has 5 nitrogen and oxygen atoms in total. The zero-order valence-corrected chi connectivity index (χ0v) is 22.7. The maximum absolute atomic E-state index is 4.95. The van der Waals surface area contributed by atoms with Gasteiger partial charge in [-0.05, 0) is 41.0 Å². The lowest BCUT2D eigenvalue weighted by Gasteiger charge is -2.10. The van der Waals surface area contributed by atoms with E-state index in [1.165, 1.54) is 5.56 Å². The van der Waals surface area contributed by atoms with E-state index in [0.717, 1.165) is 44.6 Å². The molecule has 0 aliphatic rings. The fourth-order valence-electron chi connectivity index (χ4n) is 4.89. The lowest BCUT2D eigenvalue weighted by atomic mass is 10.0. The number of pyridine rings is 2. The fourth-order valence-corrected chi connectivity index (χ4v) is 4.89. The molecule has 4 aromatic carbocycles. The highest BCUT2D eigenvalue weighted by Crippen LogP contribution is 2.29. The Kier molecular flexibility index (Phi) is 6.81. The Morgan fingerprint density at radius 3 is 1.48 bits per heavy atom. The number of hydrogen-bond donors (Lipinski definition) is 0. The lowest BCUT2D eigenvalue weighted by Crippen LogP contribution is -2.00. The van der Waals surface area contributed by atoms with Crippen LogP contribution in [0.4, 0.5) is 0 Å². The molecule has 0 aliphatic heterocycles. The molecular weight excluding hydrogens is 514 g/mol. The van der Waals surface area contributed by atoms with E-state index >= 15 is 0 Å². The minimum absolute atomic E-state index is 0.620. The van der Waals surface area contributed by atoms with E-state index in [0.29, 0.717) is 17.5 Å². The minimum Gasteiger partial charge on any atom is -0.265 e. The Bertz CT molecular complexity index is 1940. The molecule has 7 aromatic rings. The van der Waals surface area contributed by atoms with Crippen LogP contribution in [-0.4, -0.2) is 24.9 Å². The van der Waals surface area contributed by atoms with Gasteiger partial charge in [0.2, 0.25) is 0 Å². The van der Waals surface area contributed by atoms with Gasteiger partial charge >= 0.3 is 0 Å². The van der Waals surface area contributed by atoms with E-state index in [9.17, 15) is 0 Å². The van der Waals surface area contributed by atoms with Crippen LogP contribution in [0.5, 0.6) is 0 Å². The predicted octanol–water partition coefficient (Wildman–Crippen LogP) is 8.66. The quantitative estimate of drug-likeness (QED) is 0.212. The molecule has 0 amide bonds. The summed E-state index contributed by atoms with van der Waals surface area (Å²) >= 11 is 0. The molecule has 0 spiro atoms. The van der Waals surface area contributed by atoms with Crippen LogP contribution in [0, 0.1) is 0 Å². The molecule has 3 heterocycles. The van der Waals surface area contributed by atoms with Gasteiger partial charge in [-0.25, -0.2) is 15.0 Å². The van der Waals surface area contributed by atoms with Crippen molar-refractivity contribution in [1.82, 2.24) is 24.9 Å². The predicted molar refractivity (Wildman–Crippen MR) is 168 cm³/mol. The van der Waals surface area contributed by atoms with Crippen LogP contribution in [0.15, 0.2) is 152 Å². The third-order valence-corrected chi connectivity index (χ3v) is 7.11. The molecule has 7 rings (SSSR count). The Morgan fingerprint density at radius 2 is 0.833 bits per heavy atom. The molecule has 0 fully saturated rings. The highest BCUT2D eigenvalue weighted by atomic mass is 15.0. The zero-order chi connectivity index (χ0) is 28.1. The Morgan fingerprint density at radius 1 is 0.333 bits per heavy atom. The van der Waals surface area contributed by atoms with Crippen molar-refractivity contribution in [3.05, 3.63) is 152 Å². The molecule has 0 unspecified atom stereocenters. The van der Waals surface area contributed by atoms with Crippen LogP contribution >= 0.6 is 0 Å². The smallest absolute Gasteiger partial charge is 0.164 e. The van der Waals surface area contributed by atoms with Gasteiger partial charge in [-0.2, -0.15) is 0 Å². The average Bonchev–Trinajstić information content (AvgIpc) is 3.09. The second-order valence-corrected chi connectivity index (χ2v) is 9.86. The Balaban J connectivity index is 1.27. The van der Waals surface area contributed by atoms with E-state index in [2.05, 4.69) is 59.6 Å². The van der Waals surface area contributed by atoms with Crippen molar-refractivity contribution < 1.29 is 0 Å². The molecule has 0 atom stereocenters. The van der Waals surface area contributed by atoms with Crippen molar-refractivity contribution >= 4 is 0 Å². The minimum atomic E-state index is 0.620. The number of benzene rings is 4. The first-order chi connectivity index (χ1) is 20.8. The standard InChI is InChI=1S/C37H25N5/c1-3-8-26(9-4-1)27-14-16-30(17-15-27)36-40-35(29-10-5-2-6-11-29)41-37(42-36)32-13-7-12-31(24-32)33-18-19-34(39-25-33)28-20-22-38-23-21-28/h1-25H. The van der Waals surface area contributed by atoms with Gasteiger partial charge in [-0.1, -0.05) is 109 Å². The molecule has 3 aromatic heterocycles. The molecule has 5 heteroatoms. The number of nitrogens with zero attached hydrogens (tertiary/aromatic N) is 5. The molecule has 0 radical (unpaired) electrons. The third kappa shape index (κ3) is 5.31. The van der Waals surface area contributed by atoms with Crippen molar-refractivity contribution in [2.45, 2.75) is 0 Å². The van der Waals surface area contributed by atoms with Gasteiger partial charge < -0.3 is 0 Å². The van der Waals surface area contributed by atoms with Gasteiger partial charge in [-0.3, -0.25) is 9.97 Å². The third-order valence-electron chi connectivity index (χ3n) is 7.11. The number of hydrogen-bond acceptors (Lipinski definition) is 5. The highest BCUT2D eigenvalue weighted by molar-refractivity contribution is 5.74. The zero-order valence-electron chi connectivity index (χ0n) is 22.7. The van der Waals surface area contributed by atoms with Crippen LogP contribution in [0.2, 0.25) is 0 Å². The number of aromatic nitrogens is 5. The fraction of sp³-hybridized carbons (Fsp3) is 0. The van der Waals surface area contributed by atoms with Crippen LogP contribution in [0.3, 0.4) is 0 Å². The molecule has 42 heavy (non-hydrogen) atoms. The SMILES string of the molecule is c1ccc(-c2ccc(-c3nc(-c4ccccc4)nc(-c4cccc(-c5ccc(-c6ccncc6)nc5)c4)n3)cc2)cc1. The highest BCUT2D eigenvalue weighted by Gasteiger charge is 2.13. The van der Waals surface area contributed by atoms with Crippen LogP contribution in [0.1, 0.15) is 0 Å². The van der Waals surface area contributed by atoms with Gasteiger partial charge in [0.25, 0.3) is 0 Å². The molecule has 0 saturated heterocycles. The monoisotopic (exact) mass is 539 g/mol. The summed E-state index contributed by atoms with van der Waals surface area (Å²) in [4.78, 5) is 23.5. The van der Waals surface area contributed by atoms with E-state index in [1.807, 2.05) is 85.1 Å². The first-order valence-corrected chi connectivity index (χ1v) is 13.7. The molecule has 0 N–H and O–H groups in total. The summed E-state index contributed by atoms with van der Waals surface area (Å²) in [5.41, 5.74) is 9.10. The second-order valence-electron chi connectivity index (χ2n) is 9.86. The van der Waals surface area contributed by atoms with E-state index < -0.39 is 0 Å². The summed E-state index contributed by atoms with van der Waals surface area (Å²) in [6, 6.07) is 45.0. The Labute approximate surface area is 244 Å². The van der Waals surface area contributed by atoms with Crippen molar-refractivity contribution in [2.24, 2.45) is 0 Å². The number of rotatable bonds is 6. The average molecular weight is 540 g/mol. The van der Waals surface area contributed by atoms with E-state index in [1.54, 1.807) is 12.4 Å². The topological polar surface area (TPSA) is 64.5 Å². The molecule has 0 saturated carbocycles. The van der Waals surface area contributed by atoms with E-state index in [4.69, 9.17) is 19.9 Å². The summed E-state index contributed by atoms with van der Waals surface area (Å²) < 4.78 is 0. The summed E-state index contributed by atoms with van der Waals surface area (Å²) in [5, 5.41) is 0. The van der Waals surface area contributed by atoms with E-state index in [-0.39, 0.29) is 0 Å². The molecule has 198 valence electrons. The Hall–Kier alpha value is -5.81. The maximum Gasteiger partial charge on any atom is 0.164 e. The van der Waals surface area contributed by atoms with Gasteiger partial charge in [0.05, 0.1) is 5.69 Å². The largest absolute Gasteiger partial charge is 0.265 e. The summed E-state index contributed by atoms with van der Waals surface area (Å²) in [6.45, 7) is 0. The molecule has 0 bridgehead atoms. The van der Waals surface area contributed by atoms with Gasteiger partial charge in [0.15, 0.2) is 17.5 Å². The molecular formula is C37H25N5. The summed E-state index contributed by atoms with van der Waals surface area (Å²) in [5.74, 6) is 1.89. The van der Waals surface area contributed by atoms with Gasteiger partial charge in [-0.15, -0.1) is 0 Å². The van der Waals surface area contributed by atoms with Crippen LogP contribution < -0.4 is 0 Å². The van der Waals surface area contributed by atoms with Crippen LogP contribution in [0.25, 0.3) is 67.7 Å². The first kappa shape index (κ1) is 25.2. The second kappa shape index (κ2) is 11.4. The maximum atomic E-state index is 4.95. The van der Waals surface area contributed by atoms with Crippen molar-refractivity contribution in [3.8, 4) is 67.7 Å². The lowest BCUT2D eigenvalue weighted by molar-refractivity contribution is 1.07. The first-order valence-electron chi connectivity index (χ1n) is 13.7. The summed E-state index contributed by atoms with van der Waals surface area (Å²) in [7, 11) is 0. The molecule has 0 aliphatic carbocycles. The van der Waals surface area contributed by atoms with Gasteiger partial charge in [0, 0.05) is 46.4 Å². The summed E-state index contributed by atoms with van der Waals surface area (Å²) in [6.07, 6.45) is 5.45. The van der Waals surface area contributed by atoms with Gasteiger partial charge in [0.1, 0.15) is 0 Å². The van der Waals surface area contributed by atoms with Crippen molar-refractivity contribution in [2.75, 3.05) is 0 Å².